The first-order valence-electron chi connectivity index (χ1n) is 7.11. The van der Waals surface area contributed by atoms with Crippen LogP contribution in [-0.2, 0) is 11.2 Å². The monoisotopic (exact) mass is 339 g/mol. The summed E-state index contributed by atoms with van der Waals surface area (Å²) in [6.07, 6.45) is 0.822. The highest BCUT2D eigenvalue weighted by Gasteiger charge is 2.33. The summed E-state index contributed by atoms with van der Waals surface area (Å²) >= 11 is 12.3. The van der Waals surface area contributed by atoms with Crippen molar-refractivity contribution in [2.24, 2.45) is 0 Å². The van der Waals surface area contributed by atoms with Crippen LogP contribution in [0.15, 0.2) is 22.7 Å². The van der Waals surface area contributed by atoms with Crippen LogP contribution in [0.1, 0.15) is 36.5 Å². The maximum atomic E-state index is 11.8. The van der Waals surface area contributed by atoms with Crippen molar-refractivity contribution < 1.29 is 9.32 Å². The molecule has 0 saturated carbocycles. The minimum absolute atomic E-state index is 0.0320. The lowest BCUT2D eigenvalue weighted by molar-refractivity contribution is -0.127. The van der Waals surface area contributed by atoms with Gasteiger partial charge in [0.15, 0.2) is 5.82 Å². The molecule has 22 heavy (non-hydrogen) atoms. The summed E-state index contributed by atoms with van der Waals surface area (Å²) in [7, 11) is 0. The molecule has 0 aliphatic carbocycles. The number of likely N-dealkylation sites (N-methyl/N-ethyl adjacent to an activating group) is 1. The Morgan fingerprint density at radius 3 is 2.73 bits per heavy atom. The average Bonchev–Trinajstić information content (AvgIpc) is 3.09. The average molecular weight is 340 g/mol. The Morgan fingerprint density at radius 2 is 2.09 bits per heavy atom. The van der Waals surface area contributed by atoms with E-state index in [9.17, 15) is 4.79 Å². The Bertz CT molecular complexity index is 682. The van der Waals surface area contributed by atoms with E-state index in [-0.39, 0.29) is 11.8 Å². The Kier molecular flexibility index (Phi) is 4.36. The predicted molar refractivity (Wildman–Crippen MR) is 83.2 cm³/mol. The van der Waals surface area contributed by atoms with Crippen LogP contribution in [0.3, 0.4) is 0 Å². The minimum Gasteiger partial charge on any atom is -0.342 e. The second kappa shape index (κ2) is 6.26. The van der Waals surface area contributed by atoms with Gasteiger partial charge in [-0.05, 0) is 24.6 Å². The van der Waals surface area contributed by atoms with Gasteiger partial charge in [-0.15, -0.1) is 0 Å². The number of hydrogen-bond donors (Lipinski definition) is 0. The van der Waals surface area contributed by atoms with E-state index in [1.165, 1.54) is 0 Å². The van der Waals surface area contributed by atoms with Crippen LogP contribution in [-0.4, -0.2) is 34.0 Å². The number of nitrogens with zero attached hydrogens (tertiary/aromatic N) is 3. The number of rotatable bonds is 4. The largest absolute Gasteiger partial charge is 0.342 e. The Labute approximate surface area is 138 Å². The first kappa shape index (κ1) is 15.3. The standard InChI is InChI=1S/C15H15Cl2N3O2/c1-2-20-8-9(6-14(20)21)15-18-13(19-22-15)7-10-11(16)4-3-5-12(10)17/h3-5,9H,2,6-8H2,1H3. The molecule has 1 amide bonds. The molecular weight excluding hydrogens is 325 g/mol. The molecule has 1 aliphatic rings. The van der Waals surface area contributed by atoms with E-state index in [4.69, 9.17) is 27.7 Å². The molecular formula is C15H15Cl2N3O2. The molecule has 0 spiro atoms. The van der Waals surface area contributed by atoms with Gasteiger partial charge in [0.1, 0.15) is 0 Å². The van der Waals surface area contributed by atoms with E-state index in [0.717, 1.165) is 5.56 Å². The molecule has 0 radical (unpaired) electrons. The van der Waals surface area contributed by atoms with E-state index in [1.54, 1.807) is 23.1 Å². The van der Waals surface area contributed by atoms with Crippen LogP contribution in [0.4, 0.5) is 0 Å². The molecule has 5 nitrogen and oxygen atoms in total. The lowest BCUT2D eigenvalue weighted by atomic mass is 10.1. The second-order valence-electron chi connectivity index (χ2n) is 5.26. The van der Waals surface area contributed by atoms with Gasteiger partial charge in [-0.1, -0.05) is 34.4 Å². The summed E-state index contributed by atoms with van der Waals surface area (Å²) < 4.78 is 5.32. The van der Waals surface area contributed by atoms with E-state index < -0.39 is 0 Å². The number of carbonyl (C=O) groups excluding carboxylic acids is 1. The molecule has 2 aromatic rings. The fraction of sp³-hybridized carbons (Fsp3) is 0.400. The fourth-order valence-corrected chi connectivity index (χ4v) is 3.14. The molecule has 116 valence electrons. The summed E-state index contributed by atoms with van der Waals surface area (Å²) in [6.45, 7) is 3.29. The zero-order valence-corrected chi connectivity index (χ0v) is 13.6. The van der Waals surface area contributed by atoms with Crippen molar-refractivity contribution in [1.82, 2.24) is 15.0 Å². The van der Waals surface area contributed by atoms with Crippen LogP contribution in [0.2, 0.25) is 10.0 Å². The van der Waals surface area contributed by atoms with Gasteiger partial charge in [-0.2, -0.15) is 4.98 Å². The zero-order chi connectivity index (χ0) is 15.7. The van der Waals surface area contributed by atoms with Crippen LogP contribution in [0.25, 0.3) is 0 Å². The van der Waals surface area contributed by atoms with Gasteiger partial charge < -0.3 is 9.42 Å². The number of likely N-dealkylation sites (tertiary alicyclic amines) is 1. The molecule has 2 heterocycles. The van der Waals surface area contributed by atoms with Gasteiger partial charge in [0.25, 0.3) is 0 Å². The number of benzene rings is 1. The number of hydrogen-bond acceptors (Lipinski definition) is 4. The minimum atomic E-state index is -0.0320. The molecule has 0 N–H and O–H groups in total. The van der Waals surface area contributed by atoms with Crippen LogP contribution >= 0.6 is 23.2 Å². The molecule has 1 aromatic heterocycles. The van der Waals surface area contributed by atoms with Crippen molar-refractivity contribution >= 4 is 29.1 Å². The first-order chi connectivity index (χ1) is 10.6. The second-order valence-corrected chi connectivity index (χ2v) is 6.07. The van der Waals surface area contributed by atoms with Gasteiger partial charge in [-0.3, -0.25) is 4.79 Å². The van der Waals surface area contributed by atoms with Crippen molar-refractivity contribution in [3.63, 3.8) is 0 Å². The number of carbonyl (C=O) groups is 1. The van der Waals surface area contributed by atoms with Gasteiger partial charge in [0, 0.05) is 36.0 Å². The maximum Gasteiger partial charge on any atom is 0.232 e. The summed E-state index contributed by atoms with van der Waals surface area (Å²) in [5, 5.41) is 5.13. The van der Waals surface area contributed by atoms with Gasteiger partial charge in [-0.25, -0.2) is 0 Å². The summed E-state index contributed by atoms with van der Waals surface area (Å²) in [6, 6.07) is 5.34. The summed E-state index contributed by atoms with van der Waals surface area (Å²) in [5.74, 6) is 1.12. The fourth-order valence-electron chi connectivity index (χ4n) is 2.61. The molecule has 0 bridgehead atoms. The molecule has 3 rings (SSSR count). The first-order valence-corrected chi connectivity index (χ1v) is 7.87. The van der Waals surface area contributed by atoms with Crippen molar-refractivity contribution in [2.45, 2.75) is 25.7 Å². The molecule has 1 saturated heterocycles. The van der Waals surface area contributed by atoms with E-state index >= 15 is 0 Å². The summed E-state index contributed by atoms with van der Waals surface area (Å²) in [4.78, 5) is 18.0. The van der Waals surface area contributed by atoms with Crippen molar-refractivity contribution in [3.8, 4) is 0 Å². The third-order valence-electron chi connectivity index (χ3n) is 3.83. The summed E-state index contributed by atoms with van der Waals surface area (Å²) in [5.41, 5.74) is 0.774. The Balaban J connectivity index is 1.76. The highest BCUT2D eigenvalue weighted by Crippen LogP contribution is 2.29. The van der Waals surface area contributed by atoms with Crippen molar-refractivity contribution in [3.05, 3.63) is 45.5 Å². The molecule has 1 atom stereocenters. The zero-order valence-electron chi connectivity index (χ0n) is 12.1. The number of aromatic nitrogens is 2. The normalized spacial score (nSPS) is 18.2. The lowest BCUT2D eigenvalue weighted by Crippen LogP contribution is -2.24. The van der Waals surface area contributed by atoms with Gasteiger partial charge >= 0.3 is 0 Å². The number of amides is 1. The van der Waals surface area contributed by atoms with E-state index in [2.05, 4.69) is 10.1 Å². The SMILES string of the molecule is CCN1CC(c2nc(Cc3c(Cl)cccc3Cl)no2)CC1=O. The number of halogens is 2. The lowest BCUT2D eigenvalue weighted by Gasteiger charge is -2.11. The molecule has 1 fully saturated rings. The third-order valence-corrected chi connectivity index (χ3v) is 4.53. The van der Waals surface area contributed by atoms with E-state index in [1.807, 2.05) is 6.92 Å². The molecule has 1 aromatic carbocycles. The highest BCUT2D eigenvalue weighted by molar-refractivity contribution is 6.36. The predicted octanol–water partition coefficient (Wildman–Crippen LogP) is 3.30. The van der Waals surface area contributed by atoms with Crippen molar-refractivity contribution in [1.29, 1.82) is 0 Å². The van der Waals surface area contributed by atoms with Crippen molar-refractivity contribution in [2.75, 3.05) is 13.1 Å². The Morgan fingerprint density at radius 1 is 1.36 bits per heavy atom. The van der Waals surface area contributed by atoms with Gasteiger partial charge in [0.05, 0.1) is 5.92 Å². The van der Waals surface area contributed by atoms with Gasteiger partial charge in [0.2, 0.25) is 11.8 Å². The molecule has 1 unspecified atom stereocenters. The van der Waals surface area contributed by atoms with E-state index in [0.29, 0.717) is 47.7 Å². The highest BCUT2D eigenvalue weighted by atomic mass is 35.5. The molecule has 7 heteroatoms. The topological polar surface area (TPSA) is 59.2 Å². The van der Waals surface area contributed by atoms with Crippen LogP contribution in [0, 0.1) is 0 Å². The Hall–Kier alpha value is -1.59. The molecule has 1 aliphatic heterocycles. The van der Waals surface area contributed by atoms with Crippen LogP contribution < -0.4 is 0 Å². The maximum absolute atomic E-state index is 11.8. The smallest absolute Gasteiger partial charge is 0.232 e. The van der Waals surface area contributed by atoms with Crippen LogP contribution in [0.5, 0.6) is 0 Å². The third kappa shape index (κ3) is 2.96. The quantitative estimate of drug-likeness (QED) is 0.857.